The summed E-state index contributed by atoms with van der Waals surface area (Å²) >= 11 is 0. The third-order valence-corrected chi connectivity index (χ3v) is 2.75. The van der Waals surface area contributed by atoms with Gasteiger partial charge in [-0.1, -0.05) is 12.1 Å². The average Bonchev–Trinajstić information content (AvgIpc) is 2.48. The molecular weight excluding hydrogens is 379 g/mol. The number of anilines is 1. The van der Waals surface area contributed by atoms with E-state index in [1.807, 2.05) is 42.6 Å². The van der Waals surface area contributed by atoms with Crippen LogP contribution in [-0.2, 0) is 6.42 Å². The van der Waals surface area contributed by atoms with Crippen molar-refractivity contribution in [3.05, 3.63) is 54.4 Å². The summed E-state index contributed by atoms with van der Waals surface area (Å²) in [7, 11) is 1.63. The maximum Gasteiger partial charge on any atom is 0.193 e. The molecule has 2 rings (SSSR count). The molecule has 1 heterocycles. The van der Waals surface area contributed by atoms with E-state index >= 15 is 0 Å². The smallest absolute Gasteiger partial charge is 0.193 e. The normalized spacial score (nSPS) is 10.6. The van der Waals surface area contributed by atoms with Crippen LogP contribution in [0.4, 0.5) is 5.69 Å². The molecule has 0 unspecified atom stereocenters. The number of nitrogens with one attached hydrogen (secondary N) is 1. The molecule has 0 spiro atoms. The summed E-state index contributed by atoms with van der Waals surface area (Å²) in [5.41, 5.74) is 7.84. The first-order valence-corrected chi connectivity index (χ1v) is 6.38. The van der Waals surface area contributed by atoms with Crippen molar-refractivity contribution in [1.82, 2.24) is 4.98 Å². The number of pyridine rings is 1. The number of aromatic nitrogens is 1. The fourth-order valence-electron chi connectivity index (χ4n) is 1.74. The maximum atomic E-state index is 5.84. The second-order valence-corrected chi connectivity index (χ2v) is 4.24. The van der Waals surface area contributed by atoms with Crippen LogP contribution in [0.1, 0.15) is 5.56 Å². The Kier molecular flexibility index (Phi) is 7.52. The van der Waals surface area contributed by atoms with Crippen molar-refractivity contribution in [3.8, 4) is 5.75 Å². The molecule has 0 aliphatic heterocycles. The molecule has 0 amide bonds. The summed E-state index contributed by atoms with van der Waals surface area (Å²) in [6.07, 6.45) is 4.40. The summed E-state index contributed by atoms with van der Waals surface area (Å²) in [5.74, 6) is 1.17. The molecule has 0 saturated carbocycles. The van der Waals surface area contributed by atoms with Gasteiger partial charge < -0.3 is 15.8 Å². The number of nitrogens with two attached hydrogens (primary N) is 1. The minimum absolute atomic E-state index is 0. The second kappa shape index (κ2) is 9.17. The quantitative estimate of drug-likeness (QED) is 0.462. The first-order chi connectivity index (χ1) is 9.78. The third-order valence-electron chi connectivity index (χ3n) is 2.75. The lowest BCUT2D eigenvalue weighted by atomic mass is 10.2. The van der Waals surface area contributed by atoms with E-state index in [0.717, 1.165) is 23.4 Å². The Labute approximate surface area is 141 Å². The number of ether oxygens (including phenoxy) is 1. The third kappa shape index (κ3) is 5.99. The molecule has 1 aromatic carbocycles. The van der Waals surface area contributed by atoms with Gasteiger partial charge in [-0.2, -0.15) is 0 Å². The molecule has 112 valence electrons. The molecule has 3 N–H and O–H groups in total. The number of guanidine groups is 1. The lowest BCUT2D eigenvalue weighted by Gasteiger charge is -2.07. The van der Waals surface area contributed by atoms with Crippen molar-refractivity contribution in [2.75, 3.05) is 19.0 Å². The second-order valence-electron chi connectivity index (χ2n) is 4.24. The molecule has 0 atom stereocenters. The Hall–Kier alpha value is -1.83. The molecule has 0 aliphatic carbocycles. The molecule has 0 aliphatic rings. The molecule has 0 radical (unpaired) electrons. The molecule has 0 saturated heterocycles. The van der Waals surface area contributed by atoms with E-state index < -0.39 is 0 Å². The van der Waals surface area contributed by atoms with Crippen molar-refractivity contribution in [2.45, 2.75) is 6.42 Å². The van der Waals surface area contributed by atoms with Crippen LogP contribution in [0.5, 0.6) is 5.75 Å². The van der Waals surface area contributed by atoms with Crippen LogP contribution in [0.2, 0.25) is 0 Å². The number of aliphatic imine (C=N–C) groups is 1. The zero-order chi connectivity index (χ0) is 14.2. The van der Waals surface area contributed by atoms with Crippen LogP contribution >= 0.6 is 24.0 Å². The number of methoxy groups -OCH3 is 1. The highest BCUT2D eigenvalue weighted by Gasteiger charge is 1.97. The summed E-state index contributed by atoms with van der Waals surface area (Å²) in [6.45, 7) is 0.620. The van der Waals surface area contributed by atoms with Crippen molar-refractivity contribution in [2.24, 2.45) is 10.7 Å². The fourth-order valence-corrected chi connectivity index (χ4v) is 1.74. The number of halogens is 1. The minimum atomic E-state index is 0. The average molecular weight is 398 g/mol. The first kappa shape index (κ1) is 17.2. The Morgan fingerprint density at radius 1 is 1.33 bits per heavy atom. The van der Waals surface area contributed by atoms with Gasteiger partial charge in [-0.05, 0) is 30.2 Å². The SMILES string of the molecule is COc1cccc(NC(N)=NCCc2cccnc2)c1.I. The van der Waals surface area contributed by atoms with Gasteiger partial charge in [0, 0.05) is 30.7 Å². The van der Waals surface area contributed by atoms with Crippen molar-refractivity contribution in [1.29, 1.82) is 0 Å². The summed E-state index contributed by atoms with van der Waals surface area (Å²) < 4.78 is 5.15. The Morgan fingerprint density at radius 3 is 2.90 bits per heavy atom. The lowest BCUT2D eigenvalue weighted by molar-refractivity contribution is 0.415. The van der Waals surface area contributed by atoms with Crippen LogP contribution in [0.25, 0.3) is 0 Å². The highest BCUT2D eigenvalue weighted by atomic mass is 127. The zero-order valence-corrected chi connectivity index (χ0v) is 14.2. The van der Waals surface area contributed by atoms with Gasteiger partial charge in [-0.15, -0.1) is 24.0 Å². The fraction of sp³-hybridized carbons (Fsp3) is 0.200. The van der Waals surface area contributed by atoms with E-state index in [1.165, 1.54) is 0 Å². The Bertz CT molecular complexity index is 575. The van der Waals surface area contributed by atoms with E-state index in [2.05, 4.69) is 15.3 Å². The van der Waals surface area contributed by atoms with E-state index in [-0.39, 0.29) is 24.0 Å². The van der Waals surface area contributed by atoms with Gasteiger partial charge in [0.05, 0.1) is 7.11 Å². The highest BCUT2D eigenvalue weighted by Crippen LogP contribution is 2.16. The van der Waals surface area contributed by atoms with Crippen molar-refractivity contribution < 1.29 is 4.74 Å². The van der Waals surface area contributed by atoms with E-state index in [0.29, 0.717) is 12.5 Å². The van der Waals surface area contributed by atoms with Gasteiger partial charge in [-0.25, -0.2) is 0 Å². The van der Waals surface area contributed by atoms with Crippen LogP contribution < -0.4 is 15.8 Å². The van der Waals surface area contributed by atoms with Gasteiger partial charge in [0.15, 0.2) is 5.96 Å². The lowest BCUT2D eigenvalue weighted by Crippen LogP contribution is -2.23. The minimum Gasteiger partial charge on any atom is -0.497 e. The Morgan fingerprint density at radius 2 is 2.19 bits per heavy atom. The molecular formula is C15H19IN4O. The van der Waals surface area contributed by atoms with Crippen LogP contribution in [0, 0.1) is 0 Å². The number of rotatable bonds is 5. The summed E-state index contributed by atoms with van der Waals surface area (Å²) in [5, 5.41) is 3.04. The zero-order valence-electron chi connectivity index (χ0n) is 11.8. The van der Waals surface area contributed by atoms with Gasteiger partial charge in [0.25, 0.3) is 0 Å². The molecule has 1 aromatic heterocycles. The standard InChI is InChI=1S/C15H18N4O.HI/c1-20-14-6-2-5-13(10-14)19-15(16)18-9-7-12-4-3-8-17-11-12;/h2-6,8,10-11H,7,9H2,1H3,(H3,16,18,19);1H. The van der Waals surface area contributed by atoms with E-state index in [4.69, 9.17) is 10.5 Å². The summed E-state index contributed by atoms with van der Waals surface area (Å²) in [6, 6.07) is 11.5. The number of hydrogen-bond donors (Lipinski definition) is 2. The number of nitrogens with zero attached hydrogens (tertiary/aromatic N) is 2. The van der Waals surface area contributed by atoms with Gasteiger partial charge in [0.2, 0.25) is 0 Å². The topological polar surface area (TPSA) is 72.5 Å². The predicted octanol–water partition coefficient (Wildman–Crippen LogP) is 2.68. The number of benzene rings is 1. The van der Waals surface area contributed by atoms with Gasteiger partial charge in [-0.3, -0.25) is 9.98 Å². The molecule has 0 fully saturated rings. The van der Waals surface area contributed by atoms with E-state index in [1.54, 1.807) is 13.3 Å². The molecule has 2 aromatic rings. The molecule has 0 bridgehead atoms. The monoisotopic (exact) mass is 398 g/mol. The predicted molar refractivity (Wildman–Crippen MR) is 96.5 cm³/mol. The van der Waals surface area contributed by atoms with Crippen molar-refractivity contribution >= 4 is 35.6 Å². The maximum absolute atomic E-state index is 5.84. The largest absolute Gasteiger partial charge is 0.497 e. The van der Waals surface area contributed by atoms with E-state index in [9.17, 15) is 0 Å². The van der Waals surface area contributed by atoms with Crippen molar-refractivity contribution in [3.63, 3.8) is 0 Å². The number of hydrogen-bond acceptors (Lipinski definition) is 3. The Balaban J connectivity index is 0.00000220. The molecule has 6 heteroatoms. The van der Waals surface area contributed by atoms with Crippen LogP contribution in [0.15, 0.2) is 53.8 Å². The highest BCUT2D eigenvalue weighted by molar-refractivity contribution is 14.0. The summed E-state index contributed by atoms with van der Waals surface area (Å²) in [4.78, 5) is 8.34. The first-order valence-electron chi connectivity index (χ1n) is 6.38. The molecule has 21 heavy (non-hydrogen) atoms. The van der Waals surface area contributed by atoms with Gasteiger partial charge in [0.1, 0.15) is 5.75 Å². The molecule has 5 nitrogen and oxygen atoms in total. The van der Waals surface area contributed by atoms with Gasteiger partial charge >= 0.3 is 0 Å². The van der Waals surface area contributed by atoms with Crippen LogP contribution in [-0.4, -0.2) is 24.6 Å². The van der Waals surface area contributed by atoms with Crippen LogP contribution in [0.3, 0.4) is 0 Å².